The molecule has 0 spiro atoms. The Morgan fingerprint density at radius 2 is 2.22 bits per heavy atom. The smallest absolute Gasteiger partial charge is 0.297 e. The molecule has 1 aromatic carbocycles. The van der Waals surface area contributed by atoms with Gasteiger partial charge in [-0.2, -0.15) is 0 Å². The van der Waals surface area contributed by atoms with E-state index in [1.807, 2.05) is 0 Å². The number of ether oxygens (including phenoxy) is 2. The molecular formula is C11H8BrFN2O3. The molecule has 0 aliphatic carbocycles. The molecule has 0 amide bonds. The van der Waals surface area contributed by atoms with Crippen molar-refractivity contribution in [3.8, 4) is 17.4 Å². The maximum absolute atomic E-state index is 12.9. The number of H-pyrrole nitrogens is 1. The minimum Gasteiger partial charge on any atom is -0.487 e. The van der Waals surface area contributed by atoms with E-state index in [2.05, 4.69) is 25.9 Å². The van der Waals surface area contributed by atoms with Crippen molar-refractivity contribution in [3.05, 3.63) is 45.2 Å². The van der Waals surface area contributed by atoms with Crippen LogP contribution < -0.4 is 15.0 Å². The van der Waals surface area contributed by atoms with E-state index in [9.17, 15) is 9.18 Å². The SMILES string of the molecule is COc1c(Oc2ccc(F)cc2Br)nc[nH]c1=O. The summed E-state index contributed by atoms with van der Waals surface area (Å²) in [5, 5.41) is 0. The van der Waals surface area contributed by atoms with Gasteiger partial charge in [-0.3, -0.25) is 4.79 Å². The Morgan fingerprint density at radius 1 is 1.44 bits per heavy atom. The third-order valence-corrected chi connectivity index (χ3v) is 2.70. The van der Waals surface area contributed by atoms with Gasteiger partial charge < -0.3 is 14.5 Å². The summed E-state index contributed by atoms with van der Waals surface area (Å²) in [6.45, 7) is 0. The average Bonchev–Trinajstić information content (AvgIpc) is 2.33. The van der Waals surface area contributed by atoms with Gasteiger partial charge >= 0.3 is 0 Å². The van der Waals surface area contributed by atoms with Crippen molar-refractivity contribution >= 4 is 15.9 Å². The van der Waals surface area contributed by atoms with Crippen LogP contribution in [0.1, 0.15) is 0 Å². The molecule has 0 aliphatic rings. The number of aromatic nitrogens is 2. The molecule has 5 nitrogen and oxygen atoms in total. The fourth-order valence-corrected chi connectivity index (χ4v) is 1.72. The zero-order valence-corrected chi connectivity index (χ0v) is 10.8. The summed E-state index contributed by atoms with van der Waals surface area (Å²) < 4.78 is 23.6. The number of methoxy groups -OCH3 is 1. The van der Waals surface area contributed by atoms with Crippen LogP contribution in [0, 0.1) is 5.82 Å². The molecule has 94 valence electrons. The van der Waals surface area contributed by atoms with Gasteiger partial charge in [-0.15, -0.1) is 0 Å². The zero-order chi connectivity index (χ0) is 13.1. The van der Waals surface area contributed by atoms with Gasteiger partial charge in [0.05, 0.1) is 17.9 Å². The van der Waals surface area contributed by atoms with Crippen molar-refractivity contribution in [2.75, 3.05) is 7.11 Å². The first-order chi connectivity index (χ1) is 8.61. The van der Waals surface area contributed by atoms with Gasteiger partial charge in [0.25, 0.3) is 11.4 Å². The van der Waals surface area contributed by atoms with Gasteiger partial charge in [0.1, 0.15) is 11.6 Å². The fraction of sp³-hybridized carbons (Fsp3) is 0.0909. The Balaban J connectivity index is 2.40. The lowest BCUT2D eigenvalue weighted by atomic mass is 10.3. The molecule has 1 aromatic heterocycles. The third-order valence-electron chi connectivity index (χ3n) is 2.08. The number of aromatic amines is 1. The normalized spacial score (nSPS) is 10.2. The maximum atomic E-state index is 12.9. The standard InChI is InChI=1S/C11H8BrFN2O3/c1-17-9-10(16)14-5-15-11(9)18-8-3-2-6(13)4-7(8)12/h2-5H,1H3,(H,14,15,16). The summed E-state index contributed by atoms with van der Waals surface area (Å²) in [4.78, 5) is 17.6. The molecule has 2 aromatic rings. The van der Waals surface area contributed by atoms with Crippen LogP contribution in [0.2, 0.25) is 0 Å². The van der Waals surface area contributed by atoms with Gasteiger partial charge in [-0.05, 0) is 34.1 Å². The summed E-state index contributed by atoms with van der Waals surface area (Å²) >= 11 is 3.15. The van der Waals surface area contributed by atoms with Crippen molar-refractivity contribution in [1.82, 2.24) is 9.97 Å². The number of benzene rings is 1. The molecule has 0 saturated carbocycles. The fourth-order valence-electron chi connectivity index (χ4n) is 1.29. The monoisotopic (exact) mass is 314 g/mol. The minimum absolute atomic E-state index is 0.00792. The van der Waals surface area contributed by atoms with Gasteiger partial charge in [-0.1, -0.05) is 0 Å². The van der Waals surface area contributed by atoms with Crippen LogP contribution in [0.15, 0.2) is 33.8 Å². The molecular weight excluding hydrogens is 307 g/mol. The van der Waals surface area contributed by atoms with E-state index in [1.54, 1.807) is 0 Å². The van der Waals surface area contributed by atoms with Crippen LogP contribution >= 0.6 is 15.9 Å². The summed E-state index contributed by atoms with van der Waals surface area (Å²) in [7, 11) is 1.33. The topological polar surface area (TPSA) is 64.2 Å². The Kier molecular flexibility index (Phi) is 3.61. The van der Waals surface area contributed by atoms with E-state index >= 15 is 0 Å². The van der Waals surface area contributed by atoms with Crippen LogP contribution in [0.4, 0.5) is 4.39 Å². The predicted molar refractivity (Wildman–Crippen MR) is 65.6 cm³/mol. The summed E-state index contributed by atoms with van der Waals surface area (Å²) in [5.41, 5.74) is -0.458. The van der Waals surface area contributed by atoms with Crippen molar-refractivity contribution in [2.45, 2.75) is 0 Å². The van der Waals surface area contributed by atoms with Gasteiger partial charge in [0.15, 0.2) is 0 Å². The Hall–Kier alpha value is -1.89. The van der Waals surface area contributed by atoms with Crippen LogP contribution in [0.5, 0.6) is 17.4 Å². The number of nitrogens with zero attached hydrogens (tertiary/aromatic N) is 1. The minimum atomic E-state index is -0.458. The van der Waals surface area contributed by atoms with Crippen molar-refractivity contribution in [3.63, 3.8) is 0 Å². The van der Waals surface area contributed by atoms with Crippen LogP contribution in [0.3, 0.4) is 0 Å². The molecule has 0 atom stereocenters. The van der Waals surface area contributed by atoms with Crippen molar-refractivity contribution in [2.24, 2.45) is 0 Å². The van der Waals surface area contributed by atoms with Crippen molar-refractivity contribution in [1.29, 1.82) is 0 Å². The summed E-state index contributed by atoms with van der Waals surface area (Å²) in [5.74, 6) is -0.116. The Labute approximate surface area is 110 Å². The van der Waals surface area contributed by atoms with Gasteiger partial charge in [0, 0.05) is 0 Å². The number of hydrogen-bond acceptors (Lipinski definition) is 4. The van der Waals surface area contributed by atoms with E-state index in [0.29, 0.717) is 10.2 Å². The van der Waals surface area contributed by atoms with Gasteiger partial charge in [0.2, 0.25) is 5.75 Å². The van der Waals surface area contributed by atoms with E-state index in [1.165, 1.54) is 31.6 Å². The first-order valence-electron chi connectivity index (χ1n) is 4.86. The second kappa shape index (κ2) is 5.18. The molecule has 2 rings (SSSR count). The second-order valence-electron chi connectivity index (χ2n) is 3.25. The number of halogens is 2. The molecule has 0 fully saturated rings. The van der Waals surface area contributed by atoms with Gasteiger partial charge in [-0.25, -0.2) is 9.37 Å². The molecule has 1 heterocycles. The lowest BCUT2D eigenvalue weighted by Crippen LogP contribution is -2.11. The Bertz CT molecular complexity index is 630. The lowest BCUT2D eigenvalue weighted by Gasteiger charge is -2.09. The molecule has 0 radical (unpaired) electrons. The molecule has 0 unspecified atom stereocenters. The quantitative estimate of drug-likeness (QED) is 0.945. The largest absolute Gasteiger partial charge is 0.487 e. The number of hydrogen-bond donors (Lipinski definition) is 1. The molecule has 7 heteroatoms. The van der Waals surface area contributed by atoms with E-state index in [-0.39, 0.29) is 11.6 Å². The molecule has 18 heavy (non-hydrogen) atoms. The molecule has 0 aliphatic heterocycles. The summed E-state index contributed by atoms with van der Waals surface area (Å²) in [6, 6.07) is 3.90. The number of nitrogens with one attached hydrogen (secondary N) is 1. The maximum Gasteiger partial charge on any atom is 0.297 e. The van der Waals surface area contributed by atoms with E-state index in [4.69, 9.17) is 9.47 Å². The van der Waals surface area contributed by atoms with E-state index in [0.717, 1.165) is 0 Å². The van der Waals surface area contributed by atoms with Crippen molar-refractivity contribution < 1.29 is 13.9 Å². The van der Waals surface area contributed by atoms with Crippen LogP contribution in [0.25, 0.3) is 0 Å². The number of rotatable bonds is 3. The first kappa shape index (κ1) is 12.6. The predicted octanol–water partition coefficient (Wildman–Crippen LogP) is 2.47. The average molecular weight is 315 g/mol. The zero-order valence-electron chi connectivity index (χ0n) is 9.24. The molecule has 1 N–H and O–H groups in total. The molecule has 0 bridgehead atoms. The summed E-state index contributed by atoms with van der Waals surface area (Å²) in [6.07, 6.45) is 1.19. The molecule has 0 saturated heterocycles. The Morgan fingerprint density at radius 3 is 2.89 bits per heavy atom. The lowest BCUT2D eigenvalue weighted by molar-refractivity contribution is 0.362. The highest BCUT2D eigenvalue weighted by Gasteiger charge is 2.13. The first-order valence-corrected chi connectivity index (χ1v) is 5.65. The third kappa shape index (κ3) is 2.51. The highest BCUT2D eigenvalue weighted by atomic mass is 79.9. The van der Waals surface area contributed by atoms with Crippen LogP contribution in [-0.2, 0) is 0 Å². The van der Waals surface area contributed by atoms with E-state index < -0.39 is 11.4 Å². The highest BCUT2D eigenvalue weighted by molar-refractivity contribution is 9.10. The van der Waals surface area contributed by atoms with Crippen LogP contribution in [-0.4, -0.2) is 17.1 Å². The second-order valence-corrected chi connectivity index (χ2v) is 4.10. The highest BCUT2D eigenvalue weighted by Crippen LogP contribution is 2.31.